The van der Waals surface area contributed by atoms with Crippen molar-refractivity contribution in [2.24, 2.45) is 13.0 Å². The first-order chi connectivity index (χ1) is 12.0. The minimum atomic E-state index is -0.137. The van der Waals surface area contributed by atoms with Crippen LogP contribution < -0.4 is 10.5 Å². The fourth-order valence-corrected chi connectivity index (χ4v) is 3.54. The fraction of sp³-hybridized carbons (Fsp3) is 0.647. The van der Waals surface area contributed by atoms with Gasteiger partial charge in [0.25, 0.3) is 5.56 Å². The van der Waals surface area contributed by atoms with Crippen LogP contribution in [0.4, 0.5) is 5.69 Å². The Morgan fingerprint density at radius 3 is 2.48 bits per heavy atom. The summed E-state index contributed by atoms with van der Waals surface area (Å²) < 4.78 is 1.30. The zero-order valence-corrected chi connectivity index (χ0v) is 14.8. The Hall–Kier alpha value is -2.38. The molecule has 0 radical (unpaired) electrons. The summed E-state index contributed by atoms with van der Waals surface area (Å²) in [6.07, 6.45) is 3.42. The maximum atomic E-state index is 12.8. The van der Waals surface area contributed by atoms with Gasteiger partial charge >= 0.3 is 0 Å². The zero-order chi connectivity index (χ0) is 18.0. The molecular formula is C17H25N5O3. The molecule has 1 aromatic heterocycles. The summed E-state index contributed by atoms with van der Waals surface area (Å²) in [7, 11) is 1.62. The molecule has 2 fully saturated rings. The maximum Gasteiger partial charge on any atom is 0.268 e. The topological polar surface area (TPSA) is 78.8 Å². The molecule has 1 atom stereocenters. The Bertz CT molecular complexity index is 708. The van der Waals surface area contributed by atoms with Gasteiger partial charge < -0.3 is 14.7 Å². The van der Waals surface area contributed by atoms with Crippen LogP contribution in [0.25, 0.3) is 0 Å². The second kappa shape index (κ2) is 7.25. The third-order valence-corrected chi connectivity index (χ3v) is 5.13. The van der Waals surface area contributed by atoms with Crippen LogP contribution in [0.2, 0.25) is 0 Å². The van der Waals surface area contributed by atoms with Gasteiger partial charge in [0.05, 0.1) is 17.8 Å². The van der Waals surface area contributed by atoms with Gasteiger partial charge in [0.15, 0.2) is 0 Å². The molecule has 0 N–H and O–H groups in total. The molecule has 136 valence electrons. The Morgan fingerprint density at radius 1 is 1.12 bits per heavy atom. The van der Waals surface area contributed by atoms with Crippen LogP contribution in [-0.4, -0.2) is 70.7 Å². The highest BCUT2D eigenvalue weighted by molar-refractivity contribution is 5.81. The van der Waals surface area contributed by atoms with Gasteiger partial charge in [-0.2, -0.15) is 5.10 Å². The number of aryl methyl sites for hydroxylation is 1. The van der Waals surface area contributed by atoms with Crippen molar-refractivity contribution in [3.63, 3.8) is 0 Å². The van der Waals surface area contributed by atoms with E-state index < -0.39 is 0 Å². The van der Waals surface area contributed by atoms with E-state index in [2.05, 4.69) is 10.00 Å². The van der Waals surface area contributed by atoms with Crippen molar-refractivity contribution in [2.75, 3.05) is 44.2 Å². The van der Waals surface area contributed by atoms with Gasteiger partial charge in [0.1, 0.15) is 0 Å². The fourth-order valence-electron chi connectivity index (χ4n) is 3.54. The van der Waals surface area contributed by atoms with E-state index in [0.717, 1.165) is 25.1 Å². The van der Waals surface area contributed by atoms with Crippen LogP contribution in [-0.2, 0) is 16.6 Å². The van der Waals surface area contributed by atoms with Crippen LogP contribution in [0.3, 0.4) is 0 Å². The second-order valence-electron chi connectivity index (χ2n) is 6.79. The average molecular weight is 347 g/mol. The first-order valence-corrected chi connectivity index (χ1v) is 8.78. The van der Waals surface area contributed by atoms with E-state index in [1.54, 1.807) is 31.1 Å². The number of piperazine rings is 1. The first kappa shape index (κ1) is 17.4. The Morgan fingerprint density at radius 2 is 1.84 bits per heavy atom. The summed E-state index contributed by atoms with van der Waals surface area (Å²) in [6.45, 7) is 5.47. The predicted octanol–water partition coefficient (Wildman–Crippen LogP) is -0.313. The van der Waals surface area contributed by atoms with Crippen molar-refractivity contribution in [1.82, 2.24) is 19.6 Å². The van der Waals surface area contributed by atoms with Crippen LogP contribution in [0.15, 0.2) is 17.1 Å². The molecule has 3 heterocycles. The molecule has 25 heavy (non-hydrogen) atoms. The van der Waals surface area contributed by atoms with Crippen molar-refractivity contribution in [3.05, 3.63) is 22.6 Å². The molecule has 0 spiro atoms. The minimum Gasteiger partial charge on any atom is -0.367 e. The minimum absolute atomic E-state index is 0.0421. The normalized spacial score (nSPS) is 21.4. The first-order valence-electron chi connectivity index (χ1n) is 8.78. The van der Waals surface area contributed by atoms with Crippen molar-refractivity contribution < 1.29 is 9.59 Å². The molecule has 1 aromatic rings. The highest BCUT2D eigenvalue weighted by atomic mass is 16.2. The van der Waals surface area contributed by atoms with E-state index in [-0.39, 0.29) is 23.3 Å². The van der Waals surface area contributed by atoms with E-state index in [0.29, 0.717) is 32.7 Å². The lowest BCUT2D eigenvalue weighted by Crippen LogP contribution is -2.53. The summed E-state index contributed by atoms with van der Waals surface area (Å²) in [5, 5.41) is 4.05. The molecular weight excluding hydrogens is 322 g/mol. The molecule has 0 saturated carbocycles. The van der Waals surface area contributed by atoms with E-state index in [9.17, 15) is 14.4 Å². The van der Waals surface area contributed by atoms with Gasteiger partial charge in [-0.15, -0.1) is 0 Å². The number of anilines is 1. The molecule has 0 aromatic carbocycles. The van der Waals surface area contributed by atoms with Gasteiger partial charge in [0.2, 0.25) is 11.8 Å². The van der Waals surface area contributed by atoms with E-state index in [1.807, 2.05) is 4.90 Å². The molecule has 0 unspecified atom stereocenters. The van der Waals surface area contributed by atoms with E-state index in [1.165, 1.54) is 4.68 Å². The predicted molar refractivity (Wildman–Crippen MR) is 93.2 cm³/mol. The number of rotatable bonds is 2. The molecule has 3 rings (SSSR count). The van der Waals surface area contributed by atoms with Crippen molar-refractivity contribution in [2.45, 2.75) is 19.8 Å². The number of carbonyl (C=O) groups excluding carboxylic acids is 2. The zero-order valence-electron chi connectivity index (χ0n) is 14.8. The maximum absolute atomic E-state index is 12.8. The molecule has 2 aliphatic heterocycles. The van der Waals surface area contributed by atoms with E-state index >= 15 is 0 Å². The molecule has 2 saturated heterocycles. The molecule has 8 nitrogen and oxygen atoms in total. The Labute approximate surface area is 147 Å². The number of amides is 2. The number of aromatic nitrogens is 2. The summed E-state index contributed by atoms with van der Waals surface area (Å²) >= 11 is 0. The average Bonchev–Trinajstić information content (AvgIpc) is 2.63. The van der Waals surface area contributed by atoms with Gasteiger partial charge in [-0.25, -0.2) is 4.68 Å². The monoisotopic (exact) mass is 347 g/mol. The van der Waals surface area contributed by atoms with Crippen LogP contribution in [0, 0.1) is 5.92 Å². The van der Waals surface area contributed by atoms with Gasteiger partial charge in [-0.1, -0.05) is 0 Å². The summed E-state index contributed by atoms with van der Waals surface area (Å²) in [6, 6.07) is 1.58. The lowest BCUT2D eigenvalue weighted by atomic mass is 9.96. The SMILES string of the molecule is CC(=O)N1CCC[C@@H](C(=O)N2CCN(c3cnn(C)c(=O)c3)CC2)C1. The van der Waals surface area contributed by atoms with Crippen molar-refractivity contribution in [3.8, 4) is 0 Å². The summed E-state index contributed by atoms with van der Waals surface area (Å²) in [4.78, 5) is 41.8. The summed E-state index contributed by atoms with van der Waals surface area (Å²) in [5.74, 6) is 0.100. The standard InChI is InChI=1S/C17H25N5O3/c1-13(23)22-5-3-4-14(12-22)17(25)21-8-6-20(7-9-21)15-10-16(24)19(2)18-11-15/h10-11,14H,3-9,12H2,1-2H3/t14-/m1/s1. The second-order valence-corrected chi connectivity index (χ2v) is 6.79. The molecule has 0 bridgehead atoms. The Balaban J connectivity index is 1.58. The highest BCUT2D eigenvalue weighted by Gasteiger charge is 2.31. The molecule has 0 aliphatic carbocycles. The quantitative estimate of drug-likeness (QED) is 0.733. The van der Waals surface area contributed by atoms with Crippen molar-refractivity contribution in [1.29, 1.82) is 0 Å². The van der Waals surface area contributed by atoms with Gasteiger partial charge in [-0.3, -0.25) is 14.4 Å². The van der Waals surface area contributed by atoms with Gasteiger partial charge in [0, 0.05) is 59.3 Å². The van der Waals surface area contributed by atoms with E-state index in [4.69, 9.17) is 0 Å². The number of piperidine rings is 1. The van der Waals surface area contributed by atoms with Crippen LogP contribution >= 0.6 is 0 Å². The number of carbonyl (C=O) groups is 2. The molecule has 8 heteroatoms. The Kier molecular flexibility index (Phi) is 5.06. The third-order valence-electron chi connectivity index (χ3n) is 5.13. The number of hydrogen-bond donors (Lipinski definition) is 0. The smallest absolute Gasteiger partial charge is 0.268 e. The largest absolute Gasteiger partial charge is 0.367 e. The van der Waals surface area contributed by atoms with Gasteiger partial charge in [-0.05, 0) is 12.8 Å². The number of hydrogen-bond acceptors (Lipinski definition) is 5. The van der Waals surface area contributed by atoms with Crippen LogP contribution in [0.1, 0.15) is 19.8 Å². The van der Waals surface area contributed by atoms with Crippen LogP contribution in [0.5, 0.6) is 0 Å². The lowest BCUT2D eigenvalue weighted by molar-refractivity contribution is -0.140. The molecule has 2 amide bonds. The lowest BCUT2D eigenvalue weighted by Gasteiger charge is -2.39. The summed E-state index contributed by atoms with van der Waals surface area (Å²) in [5.41, 5.74) is 0.665. The molecule has 2 aliphatic rings. The van der Waals surface area contributed by atoms with Crippen molar-refractivity contribution >= 4 is 17.5 Å². The number of likely N-dealkylation sites (tertiary alicyclic amines) is 1. The number of nitrogens with zero attached hydrogens (tertiary/aromatic N) is 5. The highest BCUT2D eigenvalue weighted by Crippen LogP contribution is 2.21. The third kappa shape index (κ3) is 3.83.